The molecule has 0 unspecified atom stereocenters. The lowest BCUT2D eigenvalue weighted by Gasteiger charge is -2.11. The number of nitrogens with zero attached hydrogens (tertiary/aromatic N) is 3. The van der Waals surface area contributed by atoms with Crippen molar-refractivity contribution in [1.29, 1.82) is 0 Å². The van der Waals surface area contributed by atoms with Gasteiger partial charge in [0.15, 0.2) is 0 Å². The summed E-state index contributed by atoms with van der Waals surface area (Å²) in [4.78, 5) is 17.2. The van der Waals surface area contributed by atoms with Crippen molar-refractivity contribution >= 4 is 26.8 Å². The minimum atomic E-state index is -0.524. The topological polar surface area (TPSA) is 81.2 Å². The van der Waals surface area contributed by atoms with Gasteiger partial charge in [-0.3, -0.25) is 4.79 Å². The summed E-state index contributed by atoms with van der Waals surface area (Å²) in [7, 11) is 0. The first-order chi connectivity index (χ1) is 13.0. The Morgan fingerprint density at radius 1 is 1.26 bits per heavy atom. The number of aromatic hydroxyl groups is 1. The predicted octanol–water partition coefficient (Wildman–Crippen LogP) is 4.35. The van der Waals surface area contributed by atoms with Crippen molar-refractivity contribution in [2.24, 2.45) is 0 Å². The number of hydrogen-bond donors (Lipinski definition) is 1. The Morgan fingerprint density at radius 3 is 2.78 bits per heavy atom. The number of rotatable bonds is 3. The van der Waals surface area contributed by atoms with Crippen LogP contribution < -0.4 is 5.56 Å². The first-order valence-electron chi connectivity index (χ1n) is 8.15. The number of hydrogen-bond acceptors (Lipinski definition) is 5. The van der Waals surface area contributed by atoms with Crippen LogP contribution in [0.4, 0.5) is 4.39 Å². The van der Waals surface area contributed by atoms with Gasteiger partial charge in [-0.15, -0.1) is 0 Å². The third-order valence-corrected chi connectivity index (χ3v) is 4.96. The molecule has 0 saturated heterocycles. The minimum absolute atomic E-state index is 0.128. The predicted molar refractivity (Wildman–Crippen MR) is 102 cm³/mol. The van der Waals surface area contributed by atoms with Crippen LogP contribution in [0.2, 0.25) is 0 Å². The number of pyridine rings is 1. The molecule has 0 amide bonds. The van der Waals surface area contributed by atoms with Gasteiger partial charge in [-0.05, 0) is 37.3 Å². The number of halogens is 2. The van der Waals surface area contributed by atoms with E-state index in [0.29, 0.717) is 17.6 Å². The zero-order valence-corrected chi connectivity index (χ0v) is 15.7. The highest BCUT2D eigenvalue weighted by Gasteiger charge is 2.23. The van der Waals surface area contributed by atoms with Crippen LogP contribution >= 0.6 is 15.9 Å². The monoisotopic (exact) mass is 429 g/mol. The van der Waals surface area contributed by atoms with Crippen molar-refractivity contribution in [3.63, 3.8) is 0 Å². The molecule has 0 fully saturated rings. The van der Waals surface area contributed by atoms with Crippen molar-refractivity contribution in [1.82, 2.24) is 14.7 Å². The van der Waals surface area contributed by atoms with Gasteiger partial charge in [0.1, 0.15) is 17.1 Å². The molecule has 1 N–H and O–H groups in total. The Hall–Kier alpha value is -3.00. The van der Waals surface area contributed by atoms with Crippen molar-refractivity contribution in [2.75, 3.05) is 0 Å². The van der Waals surface area contributed by atoms with Crippen LogP contribution in [0.1, 0.15) is 6.92 Å². The van der Waals surface area contributed by atoms with Gasteiger partial charge in [-0.2, -0.15) is 4.98 Å². The Labute approximate surface area is 161 Å². The van der Waals surface area contributed by atoms with Crippen molar-refractivity contribution < 1.29 is 14.0 Å². The molecule has 2 aromatic heterocycles. The number of aryl methyl sites for hydroxylation is 1. The maximum Gasteiger partial charge on any atom is 0.267 e. The lowest BCUT2D eigenvalue weighted by atomic mass is 10.1. The highest BCUT2D eigenvalue weighted by molar-refractivity contribution is 9.10. The van der Waals surface area contributed by atoms with E-state index in [1.807, 2.05) is 18.2 Å². The van der Waals surface area contributed by atoms with Crippen LogP contribution in [-0.4, -0.2) is 19.8 Å². The first-order valence-corrected chi connectivity index (χ1v) is 8.94. The van der Waals surface area contributed by atoms with Gasteiger partial charge in [-0.25, -0.2) is 4.39 Å². The second kappa shape index (κ2) is 6.62. The summed E-state index contributed by atoms with van der Waals surface area (Å²) >= 11 is 3.41. The van der Waals surface area contributed by atoms with Crippen LogP contribution in [-0.2, 0) is 6.54 Å². The molecule has 4 rings (SSSR count). The van der Waals surface area contributed by atoms with Crippen LogP contribution in [0.3, 0.4) is 0 Å². The van der Waals surface area contributed by atoms with E-state index < -0.39 is 11.4 Å². The quantitative estimate of drug-likeness (QED) is 0.523. The highest BCUT2D eigenvalue weighted by atomic mass is 79.9. The van der Waals surface area contributed by atoms with E-state index in [1.54, 1.807) is 13.0 Å². The third kappa shape index (κ3) is 2.82. The molecular formula is C19H13BrFN3O3. The lowest BCUT2D eigenvalue weighted by Crippen LogP contribution is -2.21. The summed E-state index contributed by atoms with van der Waals surface area (Å²) in [5.41, 5.74) is 0.461. The Morgan fingerprint density at radius 2 is 2.04 bits per heavy atom. The van der Waals surface area contributed by atoms with Crippen LogP contribution in [0.15, 0.2) is 56.3 Å². The molecule has 0 radical (unpaired) electrons. The SMILES string of the molecule is CCn1c(=O)c(-c2nc(-c3ccccc3Br)no2)c(O)c2cc(F)ccc21. The Balaban J connectivity index is 1.98. The third-order valence-electron chi connectivity index (χ3n) is 4.27. The van der Waals surface area contributed by atoms with E-state index in [0.717, 1.165) is 4.47 Å². The van der Waals surface area contributed by atoms with Crippen molar-refractivity contribution in [2.45, 2.75) is 13.5 Å². The Bertz CT molecular complexity index is 1230. The summed E-state index contributed by atoms with van der Waals surface area (Å²) in [5, 5.41) is 14.8. The molecule has 0 spiro atoms. The molecule has 0 bridgehead atoms. The van der Waals surface area contributed by atoms with E-state index in [9.17, 15) is 14.3 Å². The average molecular weight is 430 g/mol. The fraction of sp³-hybridized carbons (Fsp3) is 0.105. The Kier molecular flexibility index (Phi) is 4.27. The second-order valence-corrected chi connectivity index (χ2v) is 6.69. The maximum atomic E-state index is 13.7. The van der Waals surface area contributed by atoms with Gasteiger partial charge < -0.3 is 14.2 Å². The van der Waals surface area contributed by atoms with Gasteiger partial charge in [-0.1, -0.05) is 33.2 Å². The molecule has 27 heavy (non-hydrogen) atoms. The number of aromatic nitrogens is 3. The van der Waals surface area contributed by atoms with Gasteiger partial charge in [0.2, 0.25) is 5.82 Å². The lowest BCUT2D eigenvalue weighted by molar-refractivity contribution is 0.425. The smallest absolute Gasteiger partial charge is 0.267 e. The summed E-state index contributed by atoms with van der Waals surface area (Å²) in [5.74, 6) is -0.777. The average Bonchev–Trinajstić information content (AvgIpc) is 3.12. The molecule has 2 heterocycles. The molecule has 0 atom stereocenters. The molecule has 0 aliphatic carbocycles. The molecule has 0 aliphatic heterocycles. The van der Waals surface area contributed by atoms with Gasteiger partial charge in [0.05, 0.1) is 5.52 Å². The molecule has 4 aromatic rings. The van der Waals surface area contributed by atoms with Crippen LogP contribution in [0, 0.1) is 5.82 Å². The summed E-state index contributed by atoms with van der Waals surface area (Å²) in [6, 6.07) is 11.1. The number of fused-ring (bicyclic) bond motifs is 1. The fourth-order valence-corrected chi connectivity index (χ4v) is 3.46. The van der Waals surface area contributed by atoms with Gasteiger partial charge in [0.25, 0.3) is 11.4 Å². The maximum absolute atomic E-state index is 13.7. The van der Waals surface area contributed by atoms with Gasteiger partial charge >= 0.3 is 0 Å². The fourth-order valence-electron chi connectivity index (χ4n) is 3.00. The first kappa shape index (κ1) is 17.4. The van der Waals surface area contributed by atoms with Crippen molar-refractivity contribution in [3.8, 4) is 28.6 Å². The molecule has 2 aromatic carbocycles. The van der Waals surface area contributed by atoms with E-state index in [1.165, 1.54) is 22.8 Å². The second-order valence-electron chi connectivity index (χ2n) is 5.84. The summed E-state index contributed by atoms with van der Waals surface area (Å²) in [6.07, 6.45) is 0. The molecule has 136 valence electrons. The highest BCUT2D eigenvalue weighted by Crippen LogP contribution is 2.34. The molecule has 0 aliphatic rings. The molecule has 6 nitrogen and oxygen atoms in total. The molecule has 8 heteroatoms. The summed E-state index contributed by atoms with van der Waals surface area (Å²) < 4.78 is 21.1. The number of benzene rings is 2. The largest absolute Gasteiger partial charge is 0.506 e. The zero-order valence-electron chi connectivity index (χ0n) is 14.1. The van der Waals surface area contributed by atoms with E-state index in [2.05, 4.69) is 26.1 Å². The normalized spacial score (nSPS) is 11.2. The van der Waals surface area contributed by atoms with E-state index in [4.69, 9.17) is 4.52 Å². The van der Waals surface area contributed by atoms with E-state index >= 15 is 0 Å². The standard InChI is InChI=1S/C19H13BrFN3O3/c1-2-24-14-8-7-10(21)9-12(14)16(25)15(19(24)26)18-22-17(23-27-18)11-5-3-4-6-13(11)20/h3-9,25H,2H2,1H3. The van der Waals surface area contributed by atoms with Gasteiger partial charge in [0, 0.05) is 22.0 Å². The zero-order chi connectivity index (χ0) is 19.1. The summed E-state index contributed by atoms with van der Waals surface area (Å²) in [6.45, 7) is 2.12. The molecule has 0 saturated carbocycles. The van der Waals surface area contributed by atoms with E-state index in [-0.39, 0.29) is 28.4 Å². The van der Waals surface area contributed by atoms with Crippen molar-refractivity contribution in [3.05, 3.63) is 63.1 Å². The van der Waals surface area contributed by atoms with Crippen LogP contribution in [0.5, 0.6) is 5.75 Å². The minimum Gasteiger partial charge on any atom is -0.506 e. The molecular weight excluding hydrogens is 417 g/mol. The van der Waals surface area contributed by atoms with Crippen LogP contribution in [0.25, 0.3) is 33.7 Å².